The van der Waals surface area contributed by atoms with Gasteiger partial charge in [-0.05, 0) is 77.0 Å². The van der Waals surface area contributed by atoms with Crippen molar-refractivity contribution in [1.82, 2.24) is 0 Å². The maximum absolute atomic E-state index is 12.1. The number of carbonyl (C=O) groups excluding carboxylic acids is 2. The van der Waals surface area contributed by atoms with Crippen molar-refractivity contribution < 1.29 is 24.2 Å². The number of hydrogen-bond acceptors (Lipinski definition) is 5. The van der Waals surface area contributed by atoms with Crippen molar-refractivity contribution in [3.8, 4) is 0 Å². The summed E-state index contributed by atoms with van der Waals surface area (Å²) < 4.78 is 10.6. The molecule has 258 valence electrons. The Morgan fingerprint density at radius 2 is 0.889 bits per heavy atom. The fourth-order valence-corrected chi connectivity index (χ4v) is 4.69. The Kier molecular flexibility index (Phi) is 34.1. The van der Waals surface area contributed by atoms with Gasteiger partial charge >= 0.3 is 11.9 Å². The van der Waals surface area contributed by atoms with Crippen molar-refractivity contribution in [3.05, 3.63) is 60.8 Å². The van der Waals surface area contributed by atoms with E-state index < -0.39 is 0 Å². The zero-order chi connectivity index (χ0) is 32.9. The third-order valence-corrected chi connectivity index (χ3v) is 7.58. The molecule has 1 N–H and O–H groups in total. The van der Waals surface area contributed by atoms with Crippen molar-refractivity contribution in [2.75, 3.05) is 19.8 Å². The fraction of sp³-hybridized carbons (Fsp3) is 0.700. The summed E-state index contributed by atoms with van der Waals surface area (Å²) in [5.41, 5.74) is 0. The Morgan fingerprint density at radius 1 is 0.511 bits per heavy atom. The summed E-state index contributed by atoms with van der Waals surface area (Å²) in [4.78, 5) is 24.1. The normalized spacial score (nSPS) is 12.9. The average molecular weight is 629 g/mol. The van der Waals surface area contributed by atoms with Gasteiger partial charge in [0.1, 0.15) is 0 Å². The lowest BCUT2D eigenvalue weighted by Crippen LogP contribution is -2.23. The highest BCUT2D eigenvalue weighted by atomic mass is 16.5. The number of unbranched alkanes of at least 4 members (excludes halogenated alkanes) is 13. The van der Waals surface area contributed by atoms with Crippen LogP contribution in [-0.4, -0.2) is 36.9 Å². The third-order valence-electron chi connectivity index (χ3n) is 7.58. The van der Waals surface area contributed by atoms with E-state index in [9.17, 15) is 14.7 Å². The van der Waals surface area contributed by atoms with E-state index in [2.05, 4.69) is 74.6 Å². The van der Waals surface area contributed by atoms with Crippen LogP contribution < -0.4 is 0 Å². The lowest BCUT2D eigenvalue weighted by atomic mass is 10.1. The molecule has 0 saturated carbocycles. The van der Waals surface area contributed by atoms with Crippen LogP contribution in [-0.2, 0) is 19.1 Å². The molecule has 0 aromatic heterocycles. The lowest BCUT2D eigenvalue weighted by Gasteiger charge is -2.15. The van der Waals surface area contributed by atoms with Gasteiger partial charge in [0.05, 0.1) is 25.7 Å². The SMILES string of the molecule is CC/C=C/C/C=C/C/C=C/CCCCCCCC(=O)OCC(CO)COC(=O)CCCCCCC/C=C/C/C=C/CCCCC. The molecule has 45 heavy (non-hydrogen) atoms. The van der Waals surface area contributed by atoms with Crippen molar-refractivity contribution in [2.24, 2.45) is 5.92 Å². The molecule has 0 aromatic carbocycles. The van der Waals surface area contributed by atoms with E-state index in [4.69, 9.17) is 9.47 Å². The zero-order valence-electron chi connectivity index (χ0n) is 29.1. The Labute approximate surface area is 277 Å². The summed E-state index contributed by atoms with van der Waals surface area (Å²) in [6, 6.07) is 0. The minimum atomic E-state index is -0.371. The van der Waals surface area contributed by atoms with Crippen LogP contribution >= 0.6 is 0 Å². The predicted molar refractivity (Wildman–Crippen MR) is 191 cm³/mol. The van der Waals surface area contributed by atoms with Crippen LogP contribution in [0, 0.1) is 5.92 Å². The van der Waals surface area contributed by atoms with Gasteiger partial charge in [-0.1, -0.05) is 126 Å². The maximum Gasteiger partial charge on any atom is 0.305 e. The summed E-state index contributed by atoms with van der Waals surface area (Å²) in [6.07, 6.45) is 45.3. The van der Waals surface area contributed by atoms with Crippen LogP contribution in [0.5, 0.6) is 0 Å². The summed E-state index contributed by atoms with van der Waals surface area (Å²) >= 11 is 0. The van der Waals surface area contributed by atoms with Gasteiger partial charge in [0, 0.05) is 12.8 Å². The molecule has 0 saturated heterocycles. The Bertz CT molecular complexity index is 808. The molecule has 0 amide bonds. The molecule has 0 heterocycles. The molecule has 0 bridgehead atoms. The molecule has 0 aliphatic carbocycles. The zero-order valence-corrected chi connectivity index (χ0v) is 29.1. The number of esters is 2. The first-order valence-electron chi connectivity index (χ1n) is 18.3. The average Bonchev–Trinajstić information content (AvgIpc) is 3.04. The molecule has 0 aromatic rings. The smallest absolute Gasteiger partial charge is 0.305 e. The largest absolute Gasteiger partial charge is 0.465 e. The standard InChI is InChI=1S/C40H68O5/c1-3-5-7-9-11-13-15-17-19-21-23-25-27-29-31-33-39(42)44-36-38(35-41)37-45-40(43)34-32-30-28-26-24-22-20-18-16-14-12-10-8-6-4-2/h5,7,11-14,17-20,38,41H,3-4,6,8-10,15-16,21-37H2,1-2H3/b7-5+,13-11+,14-12+,19-17+,20-18+. The Balaban J connectivity index is 3.63. The van der Waals surface area contributed by atoms with E-state index in [0.717, 1.165) is 77.0 Å². The number of allylic oxidation sites excluding steroid dienone is 10. The lowest BCUT2D eigenvalue weighted by molar-refractivity contribution is -0.149. The first kappa shape index (κ1) is 42.6. The summed E-state index contributed by atoms with van der Waals surface area (Å²) in [5.74, 6) is -0.858. The molecular weight excluding hydrogens is 560 g/mol. The number of aliphatic hydroxyl groups is 1. The Morgan fingerprint density at radius 3 is 1.31 bits per heavy atom. The van der Waals surface area contributed by atoms with Crippen LogP contribution in [0.15, 0.2) is 60.8 Å². The van der Waals surface area contributed by atoms with Gasteiger partial charge in [0.15, 0.2) is 0 Å². The summed E-state index contributed by atoms with van der Waals surface area (Å²) in [7, 11) is 0. The first-order chi connectivity index (χ1) is 22.1. The van der Waals surface area contributed by atoms with Crippen LogP contribution in [0.3, 0.4) is 0 Å². The second kappa shape index (κ2) is 36.1. The van der Waals surface area contributed by atoms with E-state index in [1.54, 1.807) is 0 Å². The quantitative estimate of drug-likeness (QED) is 0.0456. The van der Waals surface area contributed by atoms with Gasteiger partial charge in [-0.15, -0.1) is 0 Å². The molecule has 1 atom stereocenters. The van der Waals surface area contributed by atoms with Crippen molar-refractivity contribution in [1.29, 1.82) is 0 Å². The fourth-order valence-electron chi connectivity index (χ4n) is 4.69. The van der Waals surface area contributed by atoms with Crippen molar-refractivity contribution in [3.63, 3.8) is 0 Å². The Hall–Kier alpha value is -2.40. The van der Waals surface area contributed by atoms with Gasteiger partial charge in [-0.3, -0.25) is 9.59 Å². The molecular formula is C40H68O5. The van der Waals surface area contributed by atoms with Gasteiger partial charge in [-0.2, -0.15) is 0 Å². The van der Waals surface area contributed by atoms with Gasteiger partial charge < -0.3 is 14.6 Å². The molecule has 0 spiro atoms. The molecule has 0 aliphatic rings. The van der Waals surface area contributed by atoms with Gasteiger partial charge in [0.2, 0.25) is 0 Å². The highest BCUT2D eigenvalue weighted by molar-refractivity contribution is 5.69. The van der Waals surface area contributed by atoms with Crippen LogP contribution in [0.25, 0.3) is 0 Å². The number of carbonyl (C=O) groups is 2. The number of hydrogen-bond donors (Lipinski definition) is 1. The molecule has 5 nitrogen and oxygen atoms in total. The van der Waals surface area contributed by atoms with E-state index in [1.165, 1.54) is 51.4 Å². The monoisotopic (exact) mass is 629 g/mol. The second-order valence-corrected chi connectivity index (χ2v) is 12.0. The highest BCUT2D eigenvalue weighted by Gasteiger charge is 2.14. The number of aliphatic hydroxyl groups excluding tert-OH is 1. The van der Waals surface area contributed by atoms with Gasteiger partial charge in [0.25, 0.3) is 0 Å². The van der Waals surface area contributed by atoms with Crippen molar-refractivity contribution in [2.45, 2.75) is 155 Å². The van der Waals surface area contributed by atoms with E-state index >= 15 is 0 Å². The van der Waals surface area contributed by atoms with Crippen LogP contribution in [0.2, 0.25) is 0 Å². The molecule has 1 unspecified atom stereocenters. The van der Waals surface area contributed by atoms with E-state index in [1.807, 2.05) is 0 Å². The first-order valence-corrected chi connectivity index (χ1v) is 18.3. The number of ether oxygens (including phenoxy) is 2. The maximum atomic E-state index is 12.1. The second-order valence-electron chi connectivity index (χ2n) is 12.0. The van der Waals surface area contributed by atoms with E-state index in [-0.39, 0.29) is 37.7 Å². The van der Waals surface area contributed by atoms with Gasteiger partial charge in [-0.25, -0.2) is 0 Å². The number of rotatable bonds is 32. The predicted octanol–water partition coefficient (Wildman–Crippen LogP) is 11.1. The molecule has 0 aliphatic heterocycles. The van der Waals surface area contributed by atoms with Crippen LogP contribution in [0.1, 0.15) is 155 Å². The summed E-state index contributed by atoms with van der Waals surface area (Å²) in [5, 5.41) is 9.58. The molecule has 0 fully saturated rings. The minimum Gasteiger partial charge on any atom is -0.465 e. The molecule has 0 radical (unpaired) electrons. The minimum absolute atomic E-state index is 0.0866. The van der Waals surface area contributed by atoms with Crippen molar-refractivity contribution >= 4 is 11.9 Å². The third kappa shape index (κ3) is 34.3. The topological polar surface area (TPSA) is 72.8 Å². The van der Waals surface area contributed by atoms with Crippen LogP contribution in [0.4, 0.5) is 0 Å². The highest BCUT2D eigenvalue weighted by Crippen LogP contribution is 2.11. The molecule has 0 rings (SSSR count). The summed E-state index contributed by atoms with van der Waals surface area (Å²) in [6.45, 7) is 4.38. The van der Waals surface area contributed by atoms with E-state index in [0.29, 0.717) is 12.8 Å². The molecule has 5 heteroatoms.